The van der Waals surface area contributed by atoms with Gasteiger partial charge in [-0.15, -0.1) is 11.8 Å². The van der Waals surface area contributed by atoms with E-state index < -0.39 is 10.9 Å². The van der Waals surface area contributed by atoms with Crippen LogP contribution in [0.5, 0.6) is 0 Å². The predicted molar refractivity (Wildman–Crippen MR) is 84.9 cm³/mol. The summed E-state index contributed by atoms with van der Waals surface area (Å²) < 4.78 is 5.15. The van der Waals surface area contributed by atoms with Crippen LogP contribution in [-0.4, -0.2) is 17.1 Å². The first-order valence-corrected chi connectivity index (χ1v) is 7.57. The quantitative estimate of drug-likeness (QED) is 0.299. The highest BCUT2D eigenvalue weighted by atomic mass is 32.2. The van der Waals surface area contributed by atoms with Gasteiger partial charge < -0.3 is 10.5 Å². The molecule has 0 aliphatic rings. The van der Waals surface area contributed by atoms with Gasteiger partial charge in [-0.05, 0) is 36.1 Å². The van der Waals surface area contributed by atoms with Crippen LogP contribution in [0.3, 0.4) is 0 Å². The molecule has 0 radical (unpaired) electrons. The van der Waals surface area contributed by atoms with Crippen LogP contribution in [0.4, 0.5) is 11.4 Å². The summed E-state index contributed by atoms with van der Waals surface area (Å²) in [6, 6.07) is 11.4. The second-order valence-electron chi connectivity index (χ2n) is 4.45. The van der Waals surface area contributed by atoms with Gasteiger partial charge in [0.2, 0.25) is 0 Å². The maximum atomic E-state index is 11.9. The summed E-state index contributed by atoms with van der Waals surface area (Å²) in [6.45, 7) is 0.103. The average molecular weight is 318 g/mol. The zero-order valence-electron chi connectivity index (χ0n) is 11.8. The van der Waals surface area contributed by atoms with Crippen molar-refractivity contribution in [2.24, 2.45) is 0 Å². The number of hydrogen-bond acceptors (Lipinski definition) is 6. The lowest BCUT2D eigenvalue weighted by atomic mass is 10.2. The van der Waals surface area contributed by atoms with E-state index in [-0.39, 0.29) is 23.5 Å². The fourth-order valence-corrected chi connectivity index (χ4v) is 2.19. The van der Waals surface area contributed by atoms with E-state index in [9.17, 15) is 14.9 Å². The number of anilines is 1. The van der Waals surface area contributed by atoms with Crippen molar-refractivity contribution in [1.82, 2.24) is 0 Å². The average Bonchev–Trinajstić information content (AvgIpc) is 2.53. The van der Waals surface area contributed by atoms with Gasteiger partial charge in [0.05, 0.1) is 10.5 Å². The van der Waals surface area contributed by atoms with E-state index in [4.69, 9.17) is 10.5 Å². The molecular formula is C15H14N2O4S. The van der Waals surface area contributed by atoms with Gasteiger partial charge in [-0.3, -0.25) is 10.1 Å². The second-order valence-corrected chi connectivity index (χ2v) is 5.33. The number of nitro benzene ring substituents is 1. The first-order chi connectivity index (χ1) is 10.5. The van der Waals surface area contributed by atoms with Crippen molar-refractivity contribution in [2.75, 3.05) is 12.0 Å². The number of ether oxygens (including phenoxy) is 1. The van der Waals surface area contributed by atoms with Crippen molar-refractivity contribution in [3.05, 3.63) is 63.7 Å². The molecule has 0 amide bonds. The monoisotopic (exact) mass is 318 g/mol. The van der Waals surface area contributed by atoms with E-state index in [1.54, 1.807) is 11.8 Å². The molecule has 0 aliphatic heterocycles. The molecule has 0 unspecified atom stereocenters. The molecule has 0 bridgehead atoms. The first-order valence-electron chi connectivity index (χ1n) is 6.35. The number of benzene rings is 2. The second kappa shape index (κ2) is 6.95. The lowest BCUT2D eigenvalue weighted by molar-refractivity contribution is -0.383. The van der Waals surface area contributed by atoms with Gasteiger partial charge in [-0.2, -0.15) is 0 Å². The molecule has 2 aromatic carbocycles. The van der Waals surface area contributed by atoms with Crippen LogP contribution in [0.25, 0.3) is 0 Å². The number of nitrogen functional groups attached to an aromatic ring is 1. The number of rotatable bonds is 5. The molecule has 0 spiro atoms. The zero-order valence-corrected chi connectivity index (χ0v) is 12.6. The number of thioether (sulfide) groups is 1. The molecule has 0 saturated carbocycles. The van der Waals surface area contributed by atoms with Gasteiger partial charge in [-0.25, -0.2) is 4.79 Å². The summed E-state index contributed by atoms with van der Waals surface area (Å²) in [5.74, 6) is -0.628. The molecule has 114 valence electrons. The topological polar surface area (TPSA) is 95.5 Å². The van der Waals surface area contributed by atoms with E-state index in [2.05, 4.69) is 0 Å². The van der Waals surface area contributed by atoms with Crippen molar-refractivity contribution in [3.63, 3.8) is 0 Å². The highest BCUT2D eigenvalue weighted by Gasteiger charge is 2.16. The van der Waals surface area contributed by atoms with Gasteiger partial charge in [0, 0.05) is 11.0 Å². The Bertz CT molecular complexity index is 701. The van der Waals surface area contributed by atoms with Gasteiger partial charge in [0.15, 0.2) is 0 Å². The Kier molecular flexibility index (Phi) is 5.00. The highest BCUT2D eigenvalue weighted by molar-refractivity contribution is 7.98. The van der Waals surface area contributed by atoms with Crippen LogP contribution < -0.4 is 5.73 Å². The minimum absolute atomic E-state index is 0.00852. The summed E-state index contributed by atoms with van der Waals surface area (Å²) in [5, 5.41) is 10.8. The number of nitrogens with zero attached hydrogens (tertiary/aromatic N) is 1. The van der Waals surface area contributed by atoms with Crippen LogP contribution >= 0.6 is 11.8 Å². The minimum atomic E-state index is -0.632. The summed E-state index contributed by atoms with van der Waals surface area (Å²) in [4.78, 5) is 23.2. The molecule has 0 heterocycles. The fourth-order valence-electron chi connectivity index (χ4n) is 1.78. The molecule has 0 aromatic heterocycles. The van der Waals surface area contributed by atoms with Crippen LogP contribution in [0.15, 0.2) is 47.4 Å². The lowest BCUT2D eigenvalue weighted by Crippen LogP contribution is -2.06. The molecule has 2 rings (SSSR count). The number of nitro groups is 1. The number of nitrogens with two attached hydrogens (primary N) is 1. The van der Waals surface area contributed by atoms with Crippen molar-refractivity contribution < 1.29 is 14.5 Å². The van der Waals surface area contributed by atoms with E-state index >= 15 is 0 Å². The molecular weight excluding hydrogens is 304 g/mol. The Morgan fingerprint density at radius 3 is 2.55 bits per heavy atom. The SMILES string of the molecule is CSc1ccc(COC(=O)c2ccc(N)c([N+](=O)[O-])c2)cc1. The van der Waals surface area contributed by atoms with Crippen molar-refractivity contribution in [3.8, 4) is 0 Å². The molecule has 0 aliphatic carbocycles. The summed E-state index contributed by atoms with van der Waals surface area (Å²) in [7, 11) is 0. The van der Waals surface area contributed by atoms with Crippen molar-refractivity contribution in [1.29, 1.82) is 0 Å². The van der Waals surface area contributed by atoms with Gasteiger partial charge >= 0.3 is 5.97 Å². The van der Waals surface area contributed by atoms with Crippen molar-refractivity contribution in [2.45, 2.75) is 11.5 Å². The summed E-state index contributed by atoms with van der Waals surface area (Å²) in [6.07, 6.45) is 1.98. The molecule has 22 heavy (non-hydrogen) atoms. The van der Waals surface area contributed by atoms with Gasteiger partial charge in [-0.1, -0.05) is 12.1 Å². The largest absolute Gasteiger partial charge is 0.457 e. The minimum Gasteiger partial charge on any atom is -0.457 e. The van der Waals surface area contributed by atoms with Gasteiger partial charge in [0.25, 0.3) is 5.69 Å². The van der Waals surface area contributed by atoms with E-state index in [1.807, 2.05) is 30.5 Å². The summed E-state index contributed by atoms with van der Waals surface area (Å²) in [5.41, 5.74) is 6.13. The summed E-state index contributed by atoms with van der Waals surface area (Å²) >= 11 is 1.62. The predicted octanol–water partition coefficient (Wildman–Crippen LogP) is 3.26. The molecule has 0 atom stereocenters. The Labute approximate surface area is 131 Å². The Balaban J connectivity index is 2.05. The maximum Gasteiger partial charge on any atom is 0.338 e. The third-order valence-electron chi connectivity index (χ3n) is 2.99. The molecule has 0 fully saturated rings. The van der Waals surface area contributed by atoms with Crippen LogP contribution in [0.2, 0.25) is 0 Å². The number of hydrogen-bond donors (Lipinski definition) is 1. The number of esters is 1. The maximum absolute atomic E-state index is 11.9. The smallest absolute Gasteiger partial charge is 0.338 e. The van der Waals surface area contributed by atoms with Crippen LogP contribution in [-0.2, 0) is 11.3 Å². The van der Waals surface area contributed by atoms with Crippen LogP contribution in [0, 0.1) is 10.1 Å². The Hall–Kier alpha value is -2.54. The lowest BCUT2D eigenvalue weighted by Gasteiger charge is -2.06. The fraction of sp³-hybridized carbons (Fsp3) is 0.133. The molecule has 7 heteroatoms. The third kappa shape index (κ3) is 3.76. The molecule has 0 saturated heterocycles. The Morgan fingerprint density at radius 2 is 1.95 bits per heavy atom. The molecule has 2 N–H and O–H groups in total. The third-order valence-corrected chi connectivity index (χ3v) is 3.74. The van der Waals surface area contributed by atoms with Crippen molar-refractivity contribution >= 4 is 29.1 Å². The number of carbonyl (C=O) groups excluding carboxylic acids is 1. The number of carbonyl (C=O) groups is 1. The first kappa shape index (κ1) is 15.8. The molecule has 6 nitrogen and oxygen atoms in total. The van der Waals surface area contributed by atoms with E-state index in [1.165, 1.54) is 12.1 Å². The Morgan fingerprint density at radius 1 is 1.27 bits per heavy atom. The standard InChI is InChI=1S/C15H14N2O4S/c1-22-12-5-2-10(3-6-12)9-21-15(18)11-4-7-13(16)14(8-11)17(19)20/h2-8H,9,16H2,1H3. The zero-order chi connectivity index (χ0) is 16.1. The van der Waals surface area contributed by atoms with Gasteiger partial charge in [0.1, 0.15) is 12.3 Å². The normalized spacial score (nSPS) is 10.2. The molecule has 2 aromatic rings. The van der Waals surface area contributed by atoms with E-state index in [0.29, 0.717) is 0 Å². The highest BCUT2D eigenvalue weighted by Crippen LogP contribution is 2.23. The van der Waals surface area contributed by atoms with E-state index in [0.717, 1.165) is 16.5 Å². The van der Waals surface area contributed by atoms with Crippen LogP contribution in [0.1, 0.15) is 15.9 Å².